The van der Waals surface area contributed by atoms with Gasteiger partial charge in [-0.15, -0.1) is 11.6 Å². The summed E-state index contributed by atoms with van der Waals surface area (Å²) in [6.45, 7) is 0. The van der Waals surface area contributed by atoms with Gasteiger partial charge in [-0.1, -0.05) is 5.16 Å². The summed E-state index contributed by atoms with van der Waals surface area (Å²) in [6.07, 6.45) is 1.42. The van der Waals surface area contributed by atoms with Crippen molar-refractivity contribution in [3.05, 3.63) is 41.6 Å². The summed E-state index contributed by atoms with van der Waals surface area (Å²) in [5.74, 6) is -0.857. The zero-order valence-electron chi connectivity index (χ0n) is 7.51. The lowest BCUT2D eigenvalue weighted by atomic mass is 10.1. The number of benzene rings is 1. The fourth-order valence-electron chi connectivity index (χ4n) is 1.28. The highest BCUT2D eigenvalue weighted by atomic mass is 35.5. The smallest absolute Gasteiger partial charge is 0.171 e. The van der Waals surface area contributed by atoms with Gasteiger partial charge in [-0.05, 0) is 12.1 Å². The van der Waals surface area contributed by atoms with Gasteiger partial charge in [0.15, 0.2) is 5.76 Å². The van der Waals surface area contributed by atoms with E-state index in [9.17, 15) is 8.78 Å². The van der Waals surface area contributed by atoms with Crippen molar-refractivity contribution in [1.29, 1.82) is 0 Å². The van der Waals surface area contributed by atoms with Crippen LogP contribution in [0.25, 0.3) is 11.3 Å². The normalized spacial score (nSPS) is 10.6. The predicted octanol–water partition coefficient (Wildman–Crippen LogP) is 3.36. The highest BCUT2D eigenvalue weighted by molar-refractivity contribution is 6.17. The standard InChI is InChI=1S/C10H6ClF2NO/c11-4-7-5-14-15-10(7)6-1-8(12)3-9(13)2-6/h1-3,5H,4H2. The number of hydrogen-bond acceptors (Lipinski definition) is 2. The van der Waals surface area contributed by atoms with E-state index in [-0.39, 0.29) is 5.88 Å². The molecule has 0 radical (unpaired) electrons. The van der Waals surface area contributed by atoms with Gasteiger partial charge in [-0.25, -0.2) is 8.78 Å². The zero-order chi connectivity index (χ0) is 10.8. The molecule has 1 heterocycles. The van der Waals surface area contributed by atoms with Crippen molar-refractivity contribution in [3.63, 3.8) is 0 Å². The fraction of sp³-hybridized carbons (Fsp3) is 0.100. The first-order chi connectivity index (χ1) is 7.20. The number of aromatic nitrogens is 1. The quantitative estimate of drug-likeness (QED) is 0.738. The maximum atomic E-state index is 12.9. The summed E-state index contributed by atoms with van der Waals surface area (Å²) in [7, 11) is 0. The molecule has 15 heavy (non-hydrogen) atoms. The lowest BCUT2D eigenvalue weighted by Gasteiger charge is -1.99. The molecule has 2 rings (SSSR count). The summed E-state index contributed by atoms with van der Waals surface area (Å²) >= 11 is 5.62. The van der Waals surface area contributed by atoms with Crippen molar-refractivity contribution in [2.45, 2.75) is 5.88 Å². The van der Waals surface area contributed by atoms with Crippen LogP contribution in [0.4, 0.5) is 8.78 Å². The van der Waals surface area contributed by atoms with E-state index < -0.39 is 11.6 Å². The summed E-state index contributed by atoms with van der Waals surface area (Å²) in [5, 5.41) is 3.52. The molecule has 2 nitrogen and oxygen atoms in total. The van der Waals surface area contributed by atoms with Crippen molar-refractivity contribution < 1.29 is 13.3 Å². The lowest BCUT2D eigenvalue weighted by Crippen LogP contribution is -1.85. The van der Waals surface area contributed by atoms with E-state index in [0.717, 1.165) is 6.07 Å². The number of halogens is 3. The van der Waals surface area contributed by atoms with Gasteiger partial charge in [0.1, 0.15) is 11.6 Å². The van der Waals surface area contributed by atoms with Gasteiger partial charge in [0.25, 0.3) is 0 Å². The van der Waals surface area contributed by atoms with E-state index >= 15 is 0 Å². The van der Waals surface area contributed by atoms with Crippen molar-refractivity contribution in [3.8, 4) is 11.3 Å². The molecule has 0 N–H and O–H groups in total. The van der Waals surface area contributed by atoms with Gasteiger partial charge < -0.3 is 4.52 Å². The Morgan fingerprint density at radius 3 is 2.47 bits per heavy atom. The molecule has 0 fully saturated rings. The van der Waals surface area contributed by atoms with Crippen molar-refractivity contribution >= 4 is 11.6 Å². The molecular weight excluding hydrogens is 224 g/mol. The molecule has 5 heteroatoms. The minimum atomic E-state index is -0.665. The Bertz CT molecular complexity index is 464. The number of nitrogens with zero attached hydrogens (tertiary/aromatic N) is 1. The summed E-state index contributed by atoms with van der Waals surface area (Å²) in [4.78, 5) is 0. The van der Waals surface area contributed by atoms with Crippen LogP contribution < -0.4 is 0 Å². The fourth-order valence-corrected chi connectivity index (χ4v) is 1.47. The van der Waals surface area contributed by atoms with Crippen LogP contribution in [0.3, 0.4) is 0 Å². The second kappa shape index (κ2) is 3.98. The van der Waals surface area contributed by atoms with Crippen molar-refractivity contribution in [1.82, 2.24) is 5.16 Å². The molecule has 0 aliphatic rings. The number of hydrogen-bond donors (Lipinski definition) is 0. The van der Waals surface area contributed by atoms with Gasteiger partial charge in [0.2, 0.25) is 0 Å². The molecule has 0 unspecified atom stereocenters. The summed E-state index contributed by atoms with van der Waals surface area (Å²) in [5.41, 5.74) is 0.891. The van der Waals surface area contributed by atoms with Crippen LogP contribution in [0.1, 0.15) is 5.56 Å². The molecule has 0 aliphatic heterocycles. The first-order valence-electron chi connectivity index (χ1n) is 4.16. The van der Waals surface area contributed by atoms with Crippen LogP contribution >= 0.6 is 11.6 Å². The molecule has 1 aromatic carbocycles. The lowest BCUT2D eigenvalue weighted by molar-refractivity contribution is 0.431. The summed E-state index contributed by atoms with van der Waals surface area (Å²) in [6, 6.07) is 3.12. The molecule has 78 valence electrons. The second-order valence-corrected chi connectivity index (χ2v) is 3.24. The Morgan fingerprint density at radius 1 is 1.20 bits per heavy atom. The van der Waals surface area contributed by atoms with Crippen LogP contribution in [0.2, 0.25) is 0 Å². The number of rotatable bonds is 2. The maximum Gasteiger partial charge on any atom is 0.171 e. The molecule has 0 saturated heterocycles. The average Bonchev–Trinajstić information content (AvgIpc) is 2.63. The third kappa shape index (κ3) is 1.99. The van der Waals surface area contributed by atoms with Crippen LogP contribution in [0, 0.1) is 11.6 Å². The minimum Gasteiger partial charge on any atom is -0.356 e. The SMILES string of the molecule is Fc1cc(F)cc(-c2oncc2CCl)c1. The molecule has 0 amide bonds. The zero-order valence-corrected chi connectivity index (χ0v) is 8.26. The molecule has 0 atom stereocenters. The van der Waals surface area contributed by atoms with Gasteiger partial charge in [-0.2, -0.15) is 0 Å². The van der Waals surface area contributed by atoms with E-state index in [0.29, 0.717) is 16.9 Å². The molecule has 0 saturated carbocycles. The van der Waals surface area contributed by atoms with Crippen molar-refractivity contribution in [2.75, 3.05) is 0 Å². The average molecular weight is 230 g/mol. The predicted molar refractivity (Wildman–Crippen MR) is 51.4 cm³/mol. The van der Waals surface area contributed by atoms with E-state index in [4.69, 9.17) is 16.1 Å². The van der Waals surface area contributed by atoms with Gasteiger partial charge in [-0.3, -0.25) is 0 Å². The Hall–Kier alpha value is -1.42. The Labute approximate surface area is 89.5 Å². The molecule has 2 aromatic rings. The highest BCUT2D eigenvalue weighted by Crippen LogP contribution is 2.26. The van der Waals surface area contributed by atoms with E-state index in [1.54, 1.807) is 0 Å². The van der Waals surface area contributed by atoms with E-state index in [1.165, 1.54) is 18.3 Å². The molecule has 0 bridgehead atoms. The molecule has 1 aromatic heterocycles. The molecule has 0 aliphatic carbocycles. The monoisotopic (exact) mass is 229 g/mol. The second-order valence-electron chi connectivity index (χ2n) is 2.97. The molecular formula is C10H6ClF2NO. The first kappa shape index (κ1) is 10.1. The Balaban J connectivity index is 2.53. The van der Waals surface area contributed by atoms with Crippen LogP contribution in [0.5, 0.6) is 0 Å². The van der Waals surface area contributed by atoms with Crippen molar-refractivity contribution in [2.24, 2.45) is 0 Å². The summed E-state index contributed by atoms with van der Waals surface area (Å²) < 4.78 is 30.7. The maximum absolute atomic E-state index is 12.9. The van der Waals surface area contributed by atoms with Crippen LogP contribution in [-0.2, 0) is 5.88 Å². The molecule has 0 spiro atoms. The largest absolute Gasteiger partial charge is 0.356 e. The Morgan fingerprint density at radius 2 is 1.87 bits per heavy atom. The third-order valence-electron chi connectivity index (χ3n) is 1.91. The van der Waals surface area contributed by atoms with Gasteiger partial charge >= 0.3 is 0 Å². The van der Waals surface area contributed by atoms with E-state index in [2.05, 4.69) is 5.16 Å². The highest BCUT2D eigenvalue weighted by Gasteiger charge is 2.11. The van der Waals surface area contributed by atoms with E-state index in [1.807, 2.05) is 0 Å². The topological polar surface area (TPSA) is 26.0 Å². The Kier molecular flexibility index (Phi) is 2.68. The number of alkyl halides is 1. The van der Waals surface area contributed by atoms with Gasteiger partial charge in [0, 0.05) is 17.2 Å². The third-order valence-corrected chi connectivity index (χ3v) is 2.20. The van der Waals surface area contributed by atoms with Crippen LogP contribution in [-0.4, -0.2) is 5.16 Å². The minimum absolute atomic E-state index is 0.178. The first-order valence-corrected chi connectivity index (χ1v) is 4.70. The van der Waals surface area contributed by atoms with Gasteiger partial charge in [0.05, 0.1) is 12.1 Å². The van der Waals surface area contributed by atoms with Crippen LogP contribution in [0.15, 0.2) is 28.9 Å².